The normalized spacial score (nSPS) is 11.4. The highest BCUT2D eigenvalue weighted by Crippen LogP contribution is 2.24. The van der Waals surface area contributed by atoms with Gasteiger partial charge in [-0.2, -0.15) is 0 Å². The van der Waals surface area contributed by atoms with Gasteiger partial charge in [0.15, 0.2) is 0 Å². The molecule has 0 fully saturated rings. The first-order valence-corrected chi connectivity index (χ1v) is 10.5. The number of ether oxygens (including phenoxy) is 2. The lowest BCUT2D eigenvalue weighted by atomic mass is 10.0. The SMILES string of the molecule is CCOc1cc(F)c(C#Cc2ccc(-c3ccc(OCC(C)CC)cc3)cc2)c(F)c1. The van der Waals surface area contributed by atoms with E-state index in [0.717, 1.165) is 35.4 Å². The lowest BCUT2D eigenvalue weighted by molar-refractivity contribution is 0.256. The molecule has 0 bridgehead atoms. The van der Waals surface area contributed by atoms with E-state index in [1.165, 1.54) is 0 Å². The molecule has 0 aliphatic rings. The van der Waals surface area contributed by atoms with Gasteiger partial charge in [0.2, 0.25) is 0 Å². The Morgan fingerprint density at radius 2 is 1.35 bits per heavy atom. The van der Waals surface area contributed by atoms with E-state index in [0.29, 0.717) is 24.7 Å². The Kier molecular flexibility index (Phi) is 7.67. The molecule has 0 aromatic heterocycles. The fraction of sp³-hybridized carbons (Fsp3) is 0.259. The van der Waals surface area contributed by atoms with Crippen LogP contribution in [-0.2, 0) is 0 Å². The van der Waals surface area contributed by atoms with Gasteiger partial charge >= 0.3 is 0 Å². The minimum absolute atomic E-state index is 0.156. The van der Waals surface area contributed by atoms with Gasteiger partial charge in [-0.25, -0.2) is 8.78 Å². The molecule has 3 rings (SSSR count). The Balaban J connectivity index is 1.70. The second-order valence-corrected chi connectivity index (χ2v) is 7.37. The molecular formula is C27H26F2O2. The molecule has 31 heavy (non-hydrogen) atoms. The molecule has 3 aromatic rings. The summed E-state index contributed by atoms with van der Waals surface area (Å²) in [7, 11) is 0. The van der Waals surface area contributed by atoms with Crippen LogP contribution in [0.1, 0.15) is 38.3 Å². The fourth-order valence-corrected chi connectivity index (χ4v) is 2.90. The number of halogens is 2. The topological polar surface area (TPSA) is 18.5 Å². The van der Waals surface area contributed by atoms with Crippen LogP contribution >= 0.6 is 0 Å². The summed E-state index contributed by atoms with van der Waals surface area (Å²) in [6, 6.07) is 17.8. The van der Waals surface area contributed by atoms with E-state index in [4.69, 9.17) is 9.47 Å². The molecule has 3 aromatic carbocycles. The maximum atomic E-state index is 14.1. The molecule has 0 spiro atoms. The van der Waals surface area contributed by atoms with Crippen molar-refractivity contribution in [3.05, 3.63) is 83.4 Å². The number of rotatable bonds is 7. The quantitative estimate of drug-likeness (QED) is 0.389. The van der Waals surface area contributed by atoms with Crippen LogP contribution < -0.4 is 9.47 Å². The van der Waals surface area contributed by atoms with E-state index in [1.807, 2.05) is 48.5 Å². The third-order valence-electron chi connectivity index (χ3n) is 4.96. The van der Waals surface area contributed by atoms with Crippen LogP contribution in [0.5, 0.6) is 11.5 Å². The molecule has 4 heteroatoms. The van der Waals surface area contributed by atoms with Crippen molar-refractivity contribution in [1.82, 2.24) is 0 Å². The summed E-state index contributed by atoms with van der Waals surface area (Å²) in [5.74, 6) is 5.48. The Hall–Kier alpha value is -3.32. The summed E-state index contributed by atoms with van der Waals surface area (Å²) in [5.41, 5.74) is 2.49. The summed E-state index contributed by atoms with van der Waals surface area (Å²) >= 11 is 0. The highest BCUT2D eigenvalue weighted by Gasteiger charge is 2.10. The van der Waals surface area contributed by atoms with Crippen molar-refractivity contribution >= 4 is 0 Å². The molecule has 0 aliphatic heterocycles. The van der Waals surface area contributed by atoms with Crippen LogP contribution in [0.2, 0.25) is 0 Å². The molecule has 0 radical (unpaired) electrons. The largest absolute Gasteiger partial charge is 0.494 e. The van der Waals surface area contributed by atoms with Gasteiger partial charge in [0, 0.05) is 17.7 Å². The van der Waals surface area contributed by atoms with Gasteiger partial charge in [-0.05, 0) is 48.2 Å². The first-order chi connectivity index (χ1) is 15.0. The van der Waals surface area contributed by atoms with Crippen molar-refractivity contribution in [3.8, 4) is 34.5 Å². The molecule has 0 amide bonds. The minimum Gasteiger partial charge on any atom is -0.494 e. The molecule has 0 N–H and O–H groups in total. The lowest BCUT2D eigenvalue weighted by Gasteiger charge is -2.11. The van der Waals surface area contributed by atoms with Crippen LogP contribution in [-0.4, -0.2) is 13.2 Å². The van der Waals surface area contributed by atoms with Crippen molar-refractivity contribution < 1.29 is 18.3 Å². The summed E-state index contributed by atoms with van der Waals surface area (Å²) in [5, 5.41) is 0. The fourth-order valence-electron chi connectivity index (χ4n) is 2.90. The zero-order chi connectivity index (χ0) is 22.2. The number of hydrogen-bond donors (Lipinski definition) is 0. The van der Waals surface area contributed by atoms with Gasteiger partial charge in [-0.3, -0.25) is 0 Å². The predicted molar refractivity (Wildman–Crippen MR) is 120 cm³/mol. The monoisotopic (exact) mass is 420 g/mol. The second kappa shape index (κ2) is 10.6. The molecule has 0 saturated carbocycles. The van der Waals surface area contributed by atoms with E-state index in [2.05, 4.69) is 25.7 Å². The Morgan fingerprint density at radius 3 is 1.90 bits per heavy atom. The molecule has 1 unspecified atom stereocenters. The van der Waals surface area contributed by atoms with Gasteiger partial charge in [-0.1, -0.05) is 56.4 Å². The Labute approximate surface area is 182 Å². The van der Waals surface area contributed by atoms with Gasteiger partial charge in [0.25, 0.3) is 0 Å². The zero-order valence-electron chi connectivity index (χ0n) is 18.0. The predicted octanol–water partition coefficient (Wildman–Crippen LogP) is 6.86. The van der Waals surface area contributed by atoms with Crippen molar-refractivity contribution in [2.45, 2.75) is 27.2 Å². The van der Waals surface area contributed by atoms with Crippen molar-refractivity contribution in [1.29, 1.82) is 0 Å². The molecular weight excluding hydrogens is 394 g/mol. The van der Waals surface area contributed by atoms with Crippen LogP contribution in [0.25, 0.3) is 11.1 Å². The van der Waals surface area contributed by atoms with Gasteiger partial charge < -0.3 is 9.47 Å². The Bertz CT molecular complexity index is 1040. The van der Waals surface area contributed by atoms with Gasteiger partial charge in [-0.15, -0.1) is 0 Å². The van der Waals surface area contributed by atoms with Gasteiger partial charge in [0.05, 0.1) is 18.8 Å². The van der Waals surface area contributed by atoms with E-state index < -0.39 is 11.6 Å². The van der Waals surface area contributed by atoms with Gasteiger partial charge in [0.1, 0.15) is 23.1 Å². The average molecular weight is 420 g/mol. The van der Waals surface area contributed by atoms with E-state index in [9.17, 15) is 8.78 Å². The molecule has 0 saturated heterocycles. The number of hydrogen-bond acceptors (Lipinski definition) is 2. The lowest BCUT2D eigenvalue weighted by Crippen LogP contribution is -2.06. The van der Waals surface area contributed by atoms with E-state index >= 15 is 0 Å². The molecule has 0 aliphatic carbocycles. The minimum atomic E-state index is -0.733. The summed E-state index contributed by atoms with van der Waals surface area (Å²) in [4.78, 5) is 0. The van der Waals surface area contributed by atoms with Crippen molar-refractivity contribution in [3.63, 3.8) is 0 Å². The number of benzene rings is 3. The molecule has 0 heterocycles. The summed E-state index contributed by atoms with van der Waals surface area (Å²) in [6.07, 6.45) is 1.09. The first-order valence-electron chi connectivity index (χ1n) is 10.5. The molecule has 2 nitrogen and oxygen atoms in total. The average Bonchev–Trinajstić information content (AvgIpc) is 2.78. The highest BCUT2D eigenvalue weighted by atomic mass is 19.1. The summed E-state index contributed by atoms with van der Waals surface area (Å²) < 4.78 is 39.2. The van der Waals surface area contributed by atoms with Crippen LogP contribution in [0, 0.1) is 29.4 Å². The second-order valence-electron chi connectivity index (χ2n) is 7.37. The summed E-state index contributed by atoms with van der Waals surface area (Å²) in [6.45, 7) is 7.11. The third kappa shape index (κ3) is 6.08. The maximum Gasteiger partial charge on any atom is 0.145 e. The standard InChI is InChI=1S/C27H26F2O2/c1-4-19(3)18-31-23-13-11-22(12-14-23)21-9-6-20(7-10-21)8-15-25-26(28)16-24(30-5-2)17-27(25)29/h6-7,9-14,16-17,19H,4-5,18H2,1-3H3. The third-order valence-corrected chi connectivity index (χ3v) is 4.96. The molecule has 160 valence electrons. The Morgan fingerprint density at radius 1 is 0.774 bits per heavy atom. The first kappa shape index (κ1) is 22.4. The van der Waals surface area contributed by atoms with E-state index in [1.54, 1.807) is 6.92 Å². The van der Waals surface area contributed by atoms with Crippen molar-refractivity contribution in [2.75, 3.05) is 13.2 Å². The van der Waals surface area contributed by atoms with Crippen LogP contribution in [0.3, 0.4) is 0 Å². The van der Waals surface area contributed by atoms with Crippen LogP contribution in [0.4, 0.5) is 8.78 Å². The van der Waals surface area contributed by atoms with Crippen LogP contribution in [0.15, 0.2) is 60.7 Å². The zero-order valence-corrected chi connectivity index (χ0v) is 18.0. The highest BCUT2D eigenvalue weighted by molar-refractivity contribution is 5.65. The van der Waals surface area contributed by atoms with Crippen molar-refractivity contribution in [2.24, 2.45) is 5.92 Å². The maximum absolute atomic E-state index is 14.1. The van der Waals surface area contributed by atoms with E-state index in [-0.39, 0.29) is 11.3 Å². The molecule has 1 atom stereocenters. The smallest absolute Gasteiger partial charge is 0.145 e.